The first-order valence-electron chi connectivity index (χ1n) is 14.3. The predicted molar refractivity (Wildman–Crippen MR) is 195 cm³/mol. The molecule has 0 amide bonds. The summed E-state index contributed by atoms with van der Waals surface area (Å²) in [6, 6.07) is 31.8. The van der Waals surface area contributed by atoms with Crippen LogP contribution in [0.1, 0.15) is 40.8 Å². The van der Waals surface area contributed by atoms with E-state index in [1.807, 2.05) is 97.1 Å². The van der Waals surface area contributed by atoms with Crippen LogP contribution in [-0.4, -0.2) is 17.1 Å². The van der Waals surface area contributed by atoms with E-state index in [4.69, 9.17) is 14.5 Å². The summed E-state index contributed by atoms with van der Waals surface area (Å²) < 4.78 is 15.5. The second-order valence-electron chi connectivity index (χ2n) is 10.2. The summed E-state index contributed by atoms with van der Waals surface area (Å²) >= 11 is 5.74. The molecule has 0 spiro atoms. The standard InChI is InChI=1S/C36H25I2N3O4S/c1-2-44-35(43)30-31(23-11-5-3-6-12-23)40-36-41(32(30)24-13-7-4-8-14-24)34(42)29(46-36)19-22-17-27(37)33(28(38)18-22)45-21-26-16-10-9-15-25(26)20-39/h3-19,32H,2,21H2,1H3/b29-19-/t32-/m0/s1. The van der Waals surface area contributed by atoms with E-state index >= 15 is 0 Å². The van der Waals surface area contributed by atoms with Crippen molar-refractivity contribution in [3.63, 3.8) is 0 Å². The van der Waals surface area contributed by atoms with E-state index in [0.29, 0.717) is 31.9 Å². The lowest BCUT2D eigenvalue weighted by Gasteiger charge is -2.25. The van der Waals surface area contributed by atoms with Crippen LogP contribution in [0.5, 0.6) is 5.75 Å². The minimum atomic E-state index is -0.721. The van der Waals surface area contributed by atoms with Gasteiger partial charge in [0.25, 0.3) is 5.56 Å². The highest BCUT2D eigenvalue weighted by Gasteiger charge is 2.35. The zero-order valence-electron chi connectivity index (χ0n) is 24.4. The molecule has 228 valence electrons. The number of hydrogen-bond donors (Lipinski definition) is 0. The Morgan fingerprint density at radius 3 is 2.33 bits per heavy atom. The summed E-state index contributed by atoms with van der Waals surface area (Å²) in [5.74, 6) is 0.202. The van der Waals surface area contributed by atoms with Crippen molar-refractivity contribution < 1.29 is 14.3 Å². The van der Waals surface area contributed by atoms with Crippen molar-refractivity contribution in [1.82, 2.24) is 4.57 Å². The Hall–Kier alpha value is -4.06. The number of thiazole rings is 1. The number of carbonyl (C=O) groups excluding carboxylic acids is 1. The van der Waals surface area contributed by atoms with Gasteiger partial charge < -0.3 is 9.47 Å². The predicted octanol–water partition coefficient (Wildman–Crippen LogP) is 6.60. The molecular weight excluding hydrogens is 824 g/mol. The minimum absolute atomic E-state index is 0.193. The number of ether oxygens (including phenoxy) is 2. The van der Waals surface area contributed by atoms with E-state index in [1.54, 1.807) is 17.6 Å². The van der Waals surface area contributed by atoms with Gasteiger partial charge in [-0.3, -0.25) is 9.36 Å². The van der Waals surface area contributed by atoms with Gasteiger partial charge in [0.15, 0.2) is 4.80 Å². The van der Waals surface area contributed by atoms with Crippen LogP contribution in [0.2, 0.25) is 0 Å². The minimum Gasteiger partial charge on any atom is -0.487 e. The van der Waals surface area contributed by atoms with E-state index in [2.05, 4.69) is 51.3 Å². The molecule has 1 atom stereocenters. The summed E-state index contributed by atoms with van der Waals surface area (Å²) in [4.78, 5) is 33.2. The van der Waals surface area contributed by atoms with E-state index in [-0.39, 0.29) is 18.8 Å². The molecule has 4 aromatic carbocycles. The lowest BCUT2D eigenvalue weighted by molar-refractivity contribution is -0.138. The number of esters is 1. The average Bonchev–Trinajstić information content (AvgIpc) is 3.38. The fourth-order valence-electron chi connectivity index (χ4n) is 5.25. The second kappa shape index (κ2) is 14.1. The van der Waals surface area contributed by atoms with E-state index < -0.39 is 12.0 Å². The molecule has 0 aliphatic carbocycles. The molecule has 46 heavy (non-hydrogen) atoms. The topological polar surface area (TPSA) is 93.7 Å². The Morgan fingerprint density at radius 1 is 1.00 bits per heavy atom. The molecule has 1 aliphatic rings. The first kappa shape index (κ1) is 31.9. The summed E-state index contributed by atoms with van der Waals surface area (Å²) in [6.45, 7) is 2.22. The highest BCUT2D eigenvalue weighted by atomic mass is 127. The molecule has 0 saturated heterocycles. The first-order chi connectivity index (χ1) is 22.4. The summed E-state index contributed by atoms with van der Waals surface area (Å²) in [6.07, 6.45) is 1.85. The van der Waals surface area contributed by atoms with Gasteiger partial charge in [-0.25, -0.2) is 9.79 Å². The van der Waals surface area contributed by atoms with Crippen LogP contribution in [0.25, 0.3) is 11.8 Å². The Bertz CT molecular complexity index is 2180. The van der Waals surface area contributed by atoms with Gasteiger partial charge in [0.2, 0.25) is 0 Å². The van der Waals surface area contributed by atoms with Crippen LogP contribution >= 0.6 is 56.5 Å². The maximum Gasteiger partial charge on any atom is 0.338 e. The summed E-state index contributed by atoms with van der Waals surface area (Å²) in [7, 11) is 0. The first-order valence-corrected chi connectivity index (χ1v) is 17.3. The van der Waals surface area contributed by atoms with Crippen molar-refractivity contribution in [2.24, 2.45) is 4.99 Å². The highest BCUT2D eigenvalue weighted by molar-refractivity contribution is 14.1. The molecule has 0 fully saturated rings. The molecule has 10 heteroatoms. The number of benzene rings is 4. The maximum atomic E-state index is 14.2. The SMILES string of the molecule is CCOC(=O)C1=C(c2ccccc2)N=c2s/c(=C\c3cc(I)c(OCc4ccccc4C#N)c(I)c3)c(=O)n2[C@H]1c1ccccc1. The van der Waals surface area contributed by atoms with Gasteiger partial charge in [-0.15, -0.1) is 0 Å². The summed E-state index contributed by atoms with van der Waals surface area (Å²) in [5, 5.41) is 9.43. The Kier molecular flexibility index (Phi) is 9.81. The van der Waals surface area contributed by atoms with Crippen molar-refractivity contribution in [1.29, 1.82) is 5.26 Å². The molecule has 0 radical (unpaired) electrons. The van der Waals surface area contributed by atoms with Crippen LogP contribution in [-0.2, 0) is 16.1 Å². The number of nitriles is 1. The largest absolute Gasteiger partial charge is 0.487 e. The van der Waals surface area contributed by atoms with Gasteiger partial charge >= 0.3 is 5.97 Å². The third kappa shape index (κ3) is 6.44. The number of carbonyl (C=O) groups is 1. The summed E-state index contributed by atoms with van der Waals surface area (Å²) in [5.41, 5.74) is 4.33. The van der Waals surface area contributed by atoms with Crippen LogP contribution in [0, 0.1) is 18.5 Å². The Morgan fingerprint density at radius 2 is 1.65 bits per heavy atom. The smallest absolute Gasteiger partial charge is 0.338 e. The lowest BCUT2D eigenvalue weighted by Crippen LogP contribution is -2.40. The number of hydrogen-bond acceptors (Lipinski definition) is 7. The van der Waals surface area contributed by atoms with E-state index in [1.165, 1.54) is 11.3 Å². The van der Waals surface area contributed by atoms with Gasteiger partial charge in [-0.05, 0) is 87.5 Å². The van der Waals surface area contributed by atoms with Gasteiger partial charge in [0.1, 0.15) is 12.4 Å². The van der Waals surface area contributed by atoms with Gasteiger partial charge in [0.05, 0.1) is 47.2 Å². The van der Waals surface area contributed by atoms with E-state index in [0.717, 1.165) is 29.4 Å². The number of fused-ring (bicyclic) bond motifs is 1. The van der Waals surface area contributed by atoms with Gasteiger partial charge in [-0.1, -0.05) is 90.2 Å². The zero-order chi connectivity index (χ0) is 32.2. The normalized spacial score (nSPS) is 14.3. The fraction of sp³-hybridized carbons (Fsp3) is 0.111. The van der Waals surface area contributed by atoms with Gasteiger partial charge in [-0.2, -0.15) is 5.26 Å². The molecule has 1 aromatic heterocycles. The number of halogens is 2. The lowest BCUT2D eigenvalue weighted by atomic mass is 9.93. The molecule has 0 bridgehead atoms. The average molecular weight is 849 g/mol. The van der Waals surface area contributed by atoms with Crippen molar-refractivity contribution in [2.45, 2.75) is 19.6 Å². The van der Waals surface area contributed by atoms with Crippen LogP contribution in [0.15, 0.2) is 112 Å². The molecule has 2 heterocycles. The third-order valence-corrected chi connectivity index (χ3v) is 9.90. The molecular formula is C36H25I2N3O4S. The highest BCUT2D eigenvalue weighted by Crippen LogP contribution is 2.35. The van der Waals surface area contributed by atoms with Crippen LogP contribution in [0.4, 0.5) is 0 Å². The molecule has 7 nitrogen and oxygen atoms in total. The quantitative estimate of drug-likeness (QED) is 0.130. The third-order valence-electron chi connectivity index (χ3n) is 7.32. The van der Waals surface area contributed by atoms with Crippen LogP contribution < -0.4 is 19.6 Å². The number of nitrogens with zero attached hydrogens (tertiary/aromatic N) is 3. The Balaban J connectivity index is 1.46. The molecule has 5 aromatic rings. The number of rotatable bonds is 8. The van der Waals surface area contributed by atoms with Crippen molar-refractivity contribution in [2.75, 3.05) is 6.61 Å². The van der Waals surface area contributed by atoms with Gasteiger partial charge in [0, 0.05) is 11.1 Å². The molecule has 1 aliphatic heterocycles. The van der Waals surface area contributed by atoms with E-state index in [9.17, 15) is 14.9 Å². The van der Waals surface area contributed by atoms with Crippen molar-refractivity contribution >= 4 is 74.3 Å². The monoisotopic (exact) mass is 849 g/mol. The molecule has 6 rings (SSSR count). The second-order valence-corrected chi connectivity index (χ2v) is 13.5. The zero-order valence-corrected chi connectivity index (χ0v) is 29.6. The van der Waals surface area contributed by atoms with Crippen molar-refractivity contribution in [3.05, 3.63) is 157 Å². The van der Waals surface area contributed by atoms with Crippen molar-refractivity contribution in [3.8, 4) is 11.8 Å². The molecule has 0 N–H and O–H groups in total. The number of aromatic nitrogens is 1. The fourth-order valence-corrected chi connectivity index (χ4v) is 8.38. The molecule has 0 unspecified atom stereocenters. The maximum absolute atomic E-state index is 14.2. The molecule has 0 saturated carbocycles. The van der Waals surface area contributed by atoms with Crippen LogP contribution in [0.3, 0.4) is 0 Å². The Labute approximate surface area is 296 Å².